The van der Waals surface area contributed by atoms with Gasteiger partial charge in [-0.05, 0) is 13.3 Å². The minimum Gasteiger partial charge on any atom is -0.464 e. The fourth-order valence-electron chi connectivity index (χ4n) is 1.13. The van der Waals surface area contributed by atoms with Crippen molar-refractivity contribution in [1.82, 2.24) is 0 Å². The summed E-state index contributed by atoms with van der Waals surface area (Å²) >= 11 is 3.93. The Morgan fingerprint density at radius 3 is 2.47 bits per heavy atom. The number of carbonyl (C=O) groups is 1. The summed E-state index contributed by atoms with van der Waals surface area (Å²) in [5.41, 5.74) is 0. The monoisotopic (exact) mass is 440 g/mol. The number of alkyl halides is 2. The Morgan fingerprint density at radius 1 is 1.40 bits per heavy atom. The molecule has 0 aromatic heterocycles. The Hall–Kier alpha value is 0.890. The molecular formula is C10H18I2O3. The zero-order valence-corrected chi connectivity index (χ0v) is 13.4. The van der Waals surface area contributed by atoms with Gasteiger partial charge in [0.15, 0.2) is 1.43 Å². The number of ether oxygens (including phenoxy) is 1. The van der Waals surface area contributed by atoms with Crippen molar-refractivity contribution in [3.63, 3.8) is 0 Å². The molecule has 90 valence electrons. The first-order chi connectivity index (χ1) is 6.96. The van der Waals surface area contributed by atoms with Crippen molar-refractivity contribution in [1.29, 1.82) is 0 Å². The number of halogens is 2. The van der Waals surface area contributed by atoms with E-state index in [0.717, 1.165) is 19.3 Å². The second kappa shape index (κ2) is 8.05. The van der Waals surface area contributed by atoms with Crippen molar-refractivity contribution in [2.45, 2.75) is 47.1 Å². The van der Waals surface area contributed by atoms with Crippen LogP contribution in [0.25, 0.3) is 0 Å². The number of carbonyl (C=O) groups excluding carboxylic acids is 1. The summed E-state index contributed by atoms with van der Waals surface area (Å²) in [6, 6.07) is 0. The van der Waals surface area contributed by atoms with Crippen LogP contribution in [-0.2, 0) is 9.53 Å². The van der Waals surface area contributed by atoms with Crippen LogP contribution in [0.15, 0.2) is 0 Å². The minimum absolute atomic E-state index is 0.338. The van der Waals surface area contributed by atoms with E-state index < -0.39 is 7.53 Å². The van der Waals surface area contributed by atoms with E-state index in [2.05, 4.69) is 6.92 Å². The summed E-state index contributed by atoms with van der Waals surface area (Å²) < 4.78 is 4.07. The molecule has 0 bridgehead atoms. The van der Waals surface area contributed by atoms with E-state index in [1.165, 1.54) is 0 Å². The molecule has 0 aliphatic carbocycles. The Morgan fingerprint density at radius 2 is 2.00 bits per heavy atom. The number of aliphatic hydroxyl groups is 1. The molecule has 0 aliphatic heterocycles. The molecule has 15 heavy (non-hydrogen) atoms. The van der Waals surface area contributed by atoms with E-state index in [9.17, 15) is 9.90 Å². The van der Waals surface area contributed by atoms with Crippen molar-refractivity contribution < 1.29 is 14.6 Å². The molecule has 5 heteroatoms. The molecule has 0 radical (unpaired) electrons. The number of esters is 1. The molecule has 1 unspecified atom stereocenters. The molecule has 0 spiro atoms. The lowest BCUT2D eigenvalue weighted by Crippen LogP contribution is -2.39. The molecule has 0 heterocycles. The minimum atomic E-state index is -0.848. The van der Waals surface area contributed by atoms with Crippen molar-refractivity contribution in [3.05, 3.63) is 0 Å². The second-order valence-electron chi connectivity index (χ2n) is 3.36. The number of hydrogen-bond acceptors (Lipinski definition) is 3. The zero-order chi connectivity index (χ0) is 11.9. The normalized spacial score (nSPS) is 13.7. The number of hydrogen-bond donors (Lipinski definition) is 1. The molecule has 0 amide bonds. The van der Waals surface area contributed by atoms with Crippen LogP contribution in [0.5, 0.6) is 0 Å². The molecule has 0 aromatic rings. The molecule has 0 saturated heterocycles. The summed E-state index contributed by atoms with van der Waals surface area (Å²) in [7, 11) is 0. The van der Waals surface area contributed by atoms with Crippen LogP contribution in [0.3, 0.4) is 0 Å². The van der Waals surface area contributed by atoms with Gasteiger partial charge in [0.05, 0.1) is 12.7 Å². The van der Waals surface area contributed by atoms with Gasteiger partial charge in [-0.25, -0.2) is 4.79 Å². The summed E-state index contributed by atoms with van der Waals surface area (Å²) in [6.07, 6.45) is 3.16. The average Bonchev–Trinajstić information content (AvgIpc) is 2.18. The van der Waals surface area contributed by atoms with Crippen molar-refractivity contribution in [2.24, 2.45) is 0 Å². The molecule has 0 aliphatic rings. The predicted octanol–water partition coefficient (Wildman–Crippen LogP) is 3.06. The van der Waals surface area contributed by atoms with Gasteiger partial charge in [0.1, 0.15) is 0 Å². The smallest absolute Gasteiger partial charge is 0.334 e. The highest BCUT2D eigenvalue weighted by Gasteiger charge is 2.41. The fourth-order valence-corrected chi connectivity index (χ4v) is 2.07. The van der Waals surface area contributed by atoms with Crippen LogP contribution in [0, 0.1) is 0 Å². The Bertz CT molecular complexity index is 195. The number of unbranched alkanes of at least 4 members (excludes halogenated alkanes) is 2. The molecule has 0 fully saturated rings. The molecule has 0 aromatic carbocycles. The highest BCUT2D eigenvalue weighted by atomic mass is 127. The zero-order valence-electron chi connectivity index (χ0n) is 9.13. The number of aliphatic hydroxyl groups excluding tert-OH is 1. The molecule has 3 nitrogen and oxygen atoms in total. The van der Waals surface area contributed by atoms with Crippen molar-refractivity contribution in [3.8, 4) is 0 Å². The SMILES string of the molecule is CCCCCC(O)C(I)(I)C(=O)OCC. The van der Waals surface area contributed by atoms with Gasteiger partial charge in [-0.15, -0.1) is 0 Å². The van der Waals surface area contributed by atoms with Crippen LogP contribution in [-0.4, -0.2) is 25.2 Å². The predicted molar refractivity (Wildman–Crippen MR) is 77.6 cm³/mol. The van der Waals surface area contributed by atoms with E-state index in [1.54, 1.807) is 6.92 Å². The third kappa shape index (κ3) is 5.67. The van der Waals surface area contributed by atoms with Gasteiger partial charge in [0.25, 0.3) is 0 Å². The van der Waals surface area contributed by atoms with Gasteiger partial charge in [-0.1, -0.05) is 71.4 Å². The van der Waals surface area contributed by atoms with Gasteiger partial charge >= 0.3 is 5.97 Å². The maximum absolute atomic E-state index is 11.5. The van der Waals surface area contributed by atoms with Crippen LogP contribution in [0.2, 0.25) is 0 Å². The summed E-state index contributed by atoms with van der Waals surface area (Å²) in [5, 5.41) is 9.88. The van der Waals surface area contributed by atoms with Crippen molar-refractivity contribution >= 4 is 51.2 Å². The van der Waals surface area contributed by atoms with Gasteiger partial charge in [-0.3, -0.25) is 0 Å². The first-order valence-corrected chi connectivity index (χ1v) is 7.35. The van der Waals surface area contributed by atoms with Crippen LogP contribution in [0.1, 0.15) is 39.5 Å². The van der Waals surface area contributed by atoms with E-state index in [-0.39, 0.29) is 5.97 Å². The average molecular weight is 440 g/mol. The highest BCUT2D eigenvalue weighted by Crippen LogP contribution is 2.35. The largest absolute Gasteiger partial charge is 0.464 e. The molecule has 1 atom stereocenters. The maximum atomic E-state index is 11.5. The van der Waals surface area contributed by atoms with Gasteiger partial charge in [0, 0.05) is 0 Å². The number of rotatable bonds is 7. The highest BCUT2D eigenvalue weighted by molar-refractivity contribution is 14.2. The first kappa shape index (κ1) is 15.9. The second-order valence-corrected chi connectivity index (χ2v) is 8.82. The standard InChI is InChI=1S/C10H18I2O3/c1-3-5-6-7-8(13)10(11,12)9(14)15-4-2/h8,13H,3-7H2,1-2H3. The van der Waals surface area contributed by atoms with Gasteiger partial charge < -0.3 is 9.84 Å². The Kier molecular flexibility index (Phi) is 8.53. The maximum Gasteiger partial charge on any atom is 0.334 e. The van der Waals surface area contributed by atoms with E-state index >= 15 is 0 Å². The molecule has 0 saturated carbocycles. The van der Waals surface area contributed by atoms with E-state index in [0.29, 0.717) is 13.0 Å². The fraction of sp³-hybridized carbons (Fsp3) is 0.900. The summed E-state index contributed by atoms with van der Waals surface area (Å²) in [5.74, 6) is -0.338. The van der Waals surface area contributed by atoms with Crippen LogP contribution < -0.4 is 0 Å². The van der Waals surface area contributed by atoms with Crippen LogP contribution in [0.4, 0.5) is 0 Å². The van der Waals surface area contributed by atoms with Crippen molar-refractivity contribution in [2.75, 3.05) is 6.61 Å². The molecule has 1 N–H and O–H groups in total. The van der Waals surface area contributed by atoms with E-state index in [4.69, 9.17) is 4.74 Å². The molecular weight excluding hydrogens is 422 g/mol. The lowest BCUT2D eigenvalue weighted by atomic mass is 10.1. The van der Waals surface area contributed by atoms with Gasteiger partial charge in [-0.2, -0.15) is 0 Å². The Labute approximate surface area is 119 Å². The summed E-state index contributed by atoms with van der Waals surface area (Å²) in [6.45, 7) is 4.23. The molecule has 0 rings (SSSR count). The Balaban J connectivity index is 4.12. The van der Waals surface area contributed by atoms with Gasteiger partial charge in [0.2, 0.25) is 0 Å². The van der Waals surface area contributed by atoms with Crippen LogP contribution >= 0.6 is 45.2 Å². The third-order valence-electron chi connectivity index (χ3n) is 2.05. The lowest BCUT2D eigenvalue weighted by molar-refractivity contribution is -0.144. The lowest BCUT2D eigenvalue weighted by Gasteiger charge is -2.24. The summed E-state index contributed by atoms with van der Waals surface area (Å²) in [4.78, 5) is 11.5. The topological polar surface area (TPSA) is 46.5 Å². The van der Waals surface area contributed by atoms with E-state index in [1.807, 2.05) is 45.2 Å². The third-order valence-corrected chi connectivity index (χ3v) is 4.37. The quantitative estimate of drug-likeness (QED) is 0.287. The first-order valence-electron chi connectivity index (χ1n) is 5.19.